The summed E-state index contributed by atoms with van der Waals surface area (Å²) >= 11 is 0. The average molecular weight is 401 g/mol. The number of rotatable bonds is 11. The maximum absolute atomic E-state index is 11.9. The molecule has 0 aliphatic heterocycles. The fraction of sp³-hybridized carbons (Fsp3) is 0.364. The number of carbonyl (C=O) groups is 2. The van der Waals surface area contributed by atoms with Crippen LogP contribution in [0.4, 0.5) is 0 Å². The number of aliphatic hydroxyl groups excluding tert-OH is 1. The Morgan fingerprint density at radius 1 is 0.931 bits per heavy atom. The van der Waals surface area contributed by atoms with E-state index in [1.54, 1.807) is 24.3 Å². The number of aliphatic hydroxyl groups is 1. The molecule has 0 radical (unpaired) electrons. The molecular weight excluding hydrogens is 374 g/mol. The lowest BCUT2D eigenvalue weighted by Crippen LogP contribution is -2.30. The second-order valence-corrected chi connectivity index (χ2v) is 6.18. The highest BCUT2D eigenvalue weighted by molar-refractivity contribution is 5.91. The summed E-state index contributed by atoms with van der Waals surface area (Å²) in [6.07, 6.45) is 0.606. The van der Waals surface area contributed by atoms with E-state index in [0.29, 0.717) is 48.8 Å². The Morgan fingerprint density at radius 3 is 2.24 bits per heavy atom. The van der Waals surface area contributed by atoms with Crippen LogP contribution in [0.3, 0.4) is 0 Å². The molecule has 7 nitrogen and oxygen atoms in total. The summed E-state index contributed by atoms with van der Waals surface area (Å²) in [4.78, 5) is 23.8. The van der Waals surface area contributed by atoms with Gasteiger partial charge in [-0.2, -0.15) is 0 Å². The number of hydrogen-bond acceptors (Lipinski definition) is 6. The topological polar surface area (TPSA) is 94.1 Å². The minimum Gasteiger partial charge on any atom is -0.490 e. The minimum atomic E-state index is -0.586. The summed E-state index contributed by atoms with van der Waals surface area (Å²) in [5.74, 6) is 0.416. The summed E-state index contributed by atoms with van der Waals surface area (Å²) in [5, 5.41) is 11.7. The van der Waals surface area contributed by atoms with E-state index in [0.717, 1.165) is 5.56 Å². The number of benzene rings is 2. The van der Waals surface area contributed by atoms with Crippen molar-refractivity contribution in [2.45, 2.75) is 26.9 Å². The third-order valence-electron chi connectivity index (χ3n) is 4.05. The van der Waals surface area contributed by atoms with Crippen molar-refractivity contribution < 1.29 is 28.9 Å². The van der Waals surface area contributed by atoms with Gasteiger partial charge in [-0.3, -0.25) is 4.79 Å². The van der Waals surface area contributed by atoms with Gasteiger partial charge < -0.3 is 24.6 Å². The molecule has 0 saturated heterocycles. The van der Waals surface area contributed by atoms with Crippen LogP contribution in [0, 0.1) is 0 Å². The molecule has 0 unspecified atom stereocenters. The van der Waals surface area contributed by atoms with Gasteiger partial charge in [-0.05, 0) is 55.7 Å². The van der Waals surface area contributed by atoms with Gasteiger partial charge in [0.05, 0.1) is 25.4 Å². The van der Waals surface area contributed by atoms with E-state index in [9.17, 15) is 9.59 Å². The van der Waals surface area contributed by atoms with Crippen LogP contribution in [-0.2, 0) is 22.6 Å². The van der Waals surface area contributed by atoms with E-state index in [1.807, 2.05) is 32.0 Å². The zero-order chi connectivity index (χ0) is 21.1. The third-order valence-corrected chi connectivity index (χ3v) is 4.05. The number of carbonyl (C=O) groups excluding carboxylic acids is 2. The maximum Gasteiger partial charge on any atom is 0.338 e. The lowest BCUT2D eigenvalue weighted by molar-refractivity contribution is -0.124. The van der Waals surface area contributed by atoms with Gasteiger partial charge in [0.25, 0.3) is 5.91 Å². The monoisotopic (exact) mass is 401 g/mol. The third kappa shape index (κ3) is 7.12. The summed E-state index contributed by atoms with van der Waals surface area (Å²) in [7, 11) is 0. The molecule has 2 aromatic rings. The van der Waals surface area contributed by atoms with Crippen molar-refractivity contribution in [2.24, 2.45) is 0 Å². The summed E-state index contributed by atoms with van der Waals surface area (Å²) < 4.78 is 16.1. The molecule has 2 aromatic carbocycles. The lowest BCUT2D eigenvalue weighted by atomic mass is 10.1. The molecule has 29 heavy (non-hydrogen) atoms. The van der Waals surface area contributed by atoms with Gasteiger partial charge in [0.2, 0.25) is 0 Å². The zero-order valence-corrected chi connectivity index (χ0v) is 16.8. The SMILES string of the molecule is CCOc1ccc(CCNC(=O)COC(=O)c2ccc(CO)cc2)cc1OCC. The van der Waals surface area contributed by atoms with Crippen LogP contribution < -0.4 is 14.8 Å². The molecule has 2 rings (SSSR count). The molecule has 0 aliphatic rings. The largest absolute Gasteiger partial charge is 0.490 e. The maximum atomic E-state index is 11.9. The highest BCUT2D eigenvalue weighted by Crippen LogP contribution is 2.28. The molecule has 7 heteroatoms. The molecule has 0 atom stereocenters. The first-order valence-corrected chi connectivity index (χ1v) is 9.59. The first-order valence-electron chi connectivity index (χ1n) is 9.59. The minimum absolute atomic E-state index is 0.0991. The standard InChI is InChI=1S/C22H27NO6/c1-3-27-19-10-7-16(13-20(19)28-4-2)11-12-23-21(25)15-29-22(26)18-8-5-17(14-24)6-9-18/h5-10,13,24H,3-4,11-12,14-15H2,1-2H3,(H,23,25). The van der Waals surface area contributed by atoms with Crippen LogP contribution >= 0.6 is 0 Å². The van der Waals surface area contributed by atoms with E-state index < -0.39 is 5.97 Å². The van der Waals surface area contributed by atoms with Crippen molar-refractivity contribution in [2.75, 3.05) is 26.4 Å². The van der Waals surface area contributed by atoms with Gasteiger partial charge in [-0.15, -0.1) is 0 Å². The molecule has 0 bridgehead atoms. The molecule has 0 aliphatic carbocycles. The van der Waals surface area contributed by atoms with Crippen LogP contribution in [0.15, 0.2) is 42.5 Å². The van der Waals surface area contributed by atoms with Crippen LogP contribution in [0.5, 0.6) is 11.5 Å². The van der Waals surface area contributed by atoms with Gasteiger partial charge in [0.1, 0.15) is 0 Å². The smallest absolute Gasteiger partial charge is 0.338 e. The van der Waals surface area contributed by atoms with Gasteiger partial charge >= 0.3 is 5.97 Å². The van der Waals surface area contributed by atoms with Gasteiger partial charge in [0, 0.05) is 6.54 Å². The van der Waals surface area contributed by atoms with Crippen LogP contribution in [0.25, 0.3) is 0 Å². The Morgan fingerprint density at radius 2 is 1.59 bits per heavy atom. The molecule has 156 valence electrons. The number of hydrogen-bond donors (Lipinski definition) is 2. The highest BCUT2D eigenvalue weighted by Gasteiger charge is 2.11. The number of ether oxygens (including phenoxy) is 3. The fourth-order valence-corrected chi connectivity index (χ4v) is 2.61. The zero-order valence-electron chi connectivity index (χ0n) is 16.8. The Balaban J connectivity index is 1.77. The molecule has 0 fully saturated rings. The fourth-order valence-electron chi connectivity index (χ4n) is 2.61. The summed E-state index contributed by atoms with van der Waals surface area (Å²) in [6.45, 7) is 4.86. The molecular formula is C22H27NO6. The van der Waals surface area contributed by atoms with Crippen molar-refractivity contribution in [3.05, 3.63) is 59.2 Å². The molecule has 1 amide bonds. The van der Waals surface area contributed by atoms with Crippen LogP contribution in [-0.4, -0.2) is 43.3 Å². The van der Waals surface area contributed by atoms with E-state index in [4.69, 9.17) is 19.3 Å². The number of esters is 1. The summed E-state index contributed by atoms with van der Waals surface area (Å²) in [6, 6.07) is 12.0. The van der Waals surface area contributed by atoms with Crippen LogP contribution in [0.2, 0.25) is 0 Å². The molecule has 2 N–H and O–H groups in total. The lowest BCUT2D eigenvalue weighted by Gasteiger charge is -2.12. The Labute approximate surface area is 170 Å². The average Bonchev–Trinajstić information content (AvgIpc) is 2.74. The Bertz CT molecular complexity index is 803. The molecule has 0 saturated carbocycles. The van der Waals surface area contributed by atoms with Crippen molar-refractivity contribution in [1.29, 1.82) is 0 Å². The van der Waals surface area contributed by atoms with Gasteiger partial charge in [0.15, 0.2) is 18.1 Å². The quantitative estimate of drug-likeness (QED) is 0.562. The van der Waals surface area contributed by atoms with E-state index in [-0.39, 0.29) is 19.1 Å². The van der Waals surface area contributed by atoms with Crippen molar-refractivity contribution in [3.63, 3.8) is 0 Å². The predicted molar refractivity (Wildman–Crippen MR) is 108 cm³/mol. The normalized spacial score (nSPS) is 10.3. The molecule has 0 heterocycles. The highest BCUT2D eigenvalue weighted by atomic mass is 16.5. The first kappa shape index (κ1) is 22.2. The number of nitrogens with one attached hydrogen (secondary N) is 1. The molecule has 0 spiro atoms. The van der Waals surface area contributed by atoms with Crippen molar-refractivity contribution in [3.8, 4) is 11.5 Å². The number of amides is 1. The van der Waals surface area contributed by atoms with Gasteiger partial charge in [-0.1, -0.05) is 18.2 Å². The van der Waals surface area contributed by atoms with Crippen molar-refractivity contribution in [1.82, 2.24) is 5.32 Å². The van der Waals surface area contributed by atoms with Crippen molar-refractivity contribution >= 4 is 11.9 Å². The summed E-state index contributed by atoms with van der Waals surface area (Å²) in [5.41, 5.74) is 2.02. The van der Waals surface area contributed by atoms with E-state index in [2.05, 4.69) is 5.32 Å². The molecule has 0 aromatic heterocycles. The first-order chi connectivity index (χ1) is 14.1. The Hall–Kier alpha value is -3.06. The Kier molecular flexibility index (Phi) is 8.98. The second kappa shape index (κ2) is 11.7. The second-order valence-electron chi connectivity index (χ2n) is 6.18. The van der Waals surface area contributed by atoms with E-state index in [1.165, 1.54) is 0 Å². The van der Waals surface area contributed by atoms with Gasteiger partial charge in [-0.25, -0.2) is 4.79 Å². The predicted octanol–water partition coefficient (Wildman–Crippen LogP) is 2.49. The van der Waals surface area contributed by atoms with E-state index >= 15 is 0 Å². The van der Waals surface area contributed by atoms with Crippen LogP contribution in [0.1, 0.15) is 35.3 Å².